The molecule has 0 heterocycles. The van der Waals surface area contributed by atoms with Gasteiger partial charge in [0.25, 0.3) is 0 Å². The van der Waals surface area contributed by atoms with Crippen LogP contribution in [0.15, 0.2) is 85.1 Å². The van der Waals surface area contributed by atoms with Gasteiger partial charge in [-0.1, -0.05) is 318 Å². The molecular formula is C73H128O6. The molecule has 0 saturated carbocycles. The van der Waals surface area contributed by atoms with Crippen LogP contribution in [-0.2, 0) is 28.6 Å². The minimum Gasteiger partial charge on any atom is -0.462 e. The quantitative estimate of drug-likeness (QED) is 0.0261. The molecule has 1 atom stereocenters. The third-order valence-electron chi connectivity index (χ3n) is 14.9. The van der Waals surface area contributed by atoms with Gasteiger partial charge >= 0.3 is 17.9 Å². The van der Waals surface area contributed by atoms with E-state index in [4.69, 9.17) is 14.2 Å². The molecular weight excluding hydrogens is 973 g/mol. The normalized spacial score (nSPS) is 12.6. The number of esters is 3. The number of carbonyl (C=O) groups is 3. The van der Waals surface area contributed by atoms with E-state index >= 15 is 0 Å². The lowest BCUT2D eigenvalue weighted by Crippen LogP contribution is -2.30. The zero-order valence-electron chi connectivity index (χ0n) is 52.4. The van der Waals surface area contributed by atoms with E-state index in [1.54, 1.807) is 0 Å². The number of hydrogen-bond acceptors (Lipinski definition) is 6. The summed E-state index contributed by atoms with van der Waals surface area (Å²) >= 11 is 0. The van der Waals surface area contributed by atoms with Crippen LogP contribution in [0.25, 0.3) is 0 Å². The summed E-state index contributed by atoms with van der Waals surface area (Å²) in [5.74, 6) is -0.867. The summed E-state index contributed by atoms with van der Waals surface area (Å²) in [7, 11) is 0. The molecule has 0 spiro atoms. The number of unbranched alkanes of at least 4 members (excludes halogenated alkanes) is 37. The predicted octanol–water partition coefficient (Wildman–Crippen LogP) is 23.4. The van der Waals surface area contributed by atoms with Crippen LogP contribution in [0.5, 0.6) is 0 Å². The van der Waals surface area contributed by atoms with Gasteiger partial charge in [0.05, 0.1) is 0 Å². The van der Waals surface area contributed by atoms with E-state index in [9.17, 15) is 14.4 Å². The number of carbonyl (C=O) groups excluding carboxylic acids is 3. The molecule has 0 bridgehead atoms. The van der Waals surface area contributed by atoms with Crippen LogP contribution in [0, 0.1) is 0 Å². The van der Waals surface area contributed by atoms with Crippen molar-refractivity contribution in [3.8, 4) is 0 Å². The first-order chi connectivity index (χ1) is 39.0. The first-order valence-corrected chi connectivity index (χ1v) is 34.1. The second kappa shape index (κ2) is 67.1. The zero-order chi connectivity index (χ0) is 57.1. The average molecular weight is 1100 g/mol. The Morgan fingerprint density at radius 1 is 0.266 bits per heavy atom. The Kier molecular flexibility index (Phi) is 64.2. The van der Waals surface area contributed by atoms with Crippen LogP contribution in [0.3, 0.4) is 0 Å². The first-order valence-electron chi connectivity index (χ1n) is 34.1. The molecule has 0 aliphatic carbocycles. The molecule has 1 unspecified atom stereocenters. The van der Waals surface area contributed by atoms with E-state index in [-0.39, 0.29) is 31.1 Å². The Morgan fingerprint density at radius 2 is 0.494 bits per heavy atom. The number of allylic oxidation sites excluding steroid dienone is 14. The lowest BCUT2D eigenvalue weighted by molar-refractivity contribution is -0.167. The summed E-state index contributed by atoms with van der Waals surface area (Å²) in [5.41, 5.74) is 0. The summed E-state index contributed by atoms with van der Waals surface area (Å²) in [5, 5.41) is 0. The Balaban J connectivity index is 4.18. The van der Waals surface area contributed by atoms with E-state index < -0.39 is 6.10 Å². The third-order valence-corrected chi connectivity index (χ3v) is 14.9. The minimum absolute atomic E-state index is 0.0753. The number of rotatable bonds is 62. The molecule has 0 rings (SSSR count). The van der Waals surface area contributed by atoms with Crippen LogP contribution >= 0.6 is 0 Å². The van der Waals surface area contributed by atoms with Crippen LogP contribution < -0.4 is 0 Å². The number of hydrogen-bond donors (Lipinski definition) is 0. The second-order valence-electron chi connectivity index (χ2n) is 22.7. The van der Waals surface area contributed by atoms with Gasteiger partial charge in [0.15, 0.2) is 6.10 Å². The van der Waals surface area contributed by atoms with Crippen molar-refractivity contribution in [1.29, 1.82) is 0 Å². The molecule has 0 aliphatic rings. The molecule has 0 N–H and O–H groups in total. The van der Waals surface area contributed by atoms with Crippen LogP contribution in [0.1, 0.15) is 342 Å². The Hall–Kier alpha value is -3.41. The van der Waals surface area contributed by atoms with Crippen molar-refractivity contribution in [2.75, 3.05) is 13.2 Å². The van der Waals surface area contributed by atoms with Gasteiger partial charge in [0.1, 0.15) is 13.2 Å². The lowest BCUT2D eigenvalue weighted by Gasteiger charge is -2.18. The van der Waals surface area contributed by atoms with E-state index in [0.717, 1.165) is 109 Å². The van der Waals surface area contributed by atoms with Crippen LogP contribution in [0.4, 0.5) is 0 Å². The standard InChI is InChI=1S/C73H128O6/c1-4-7-10-13-16-19-22-25-27-29-30-31-32-33-34-35-36-37-38-39-40-41-42-44-45-48-51-54-57-60-63-66-72(75)78-69-70(68-77-71(74)65-62-59-56-53-50-47-24-21-18-15-12-9-6-3)79-73(76)67-64-61-58-55-52-49-46-43-28-26-23-20-17-14-11-8-5-2/h7-8,10-11,16-17,19-20,25-28,30-31,70H,4-6,9,12-15,18,21-24,29,32-69H2,1-3H3/b10-7-,11-8-,19-16-,20-17-,27-25-,28-26-,31-30-. The maximum Gasteiger partial charge on any atom is 0.306 e. The molecule has 0 aromatic carbocycles. The second-order valence-corrected chi connectivity index (χ2v) is 22.7. The van der Waals surface area contributed by atoms with Crippen molar-refractivity contribution in [2.45, 2.75) is 348 Å². The van der Waals surface area contributed by atoms with Crippen LogP contribution in [-0.4, -0.2) is 37.2 Å². The fraction of sp³-hybridized carbons (Fsp3) is 0.767. The molecule has 6 heteroatoms. The van der Waals surface area contributed by atoms with Crippen molar-refractivity contribution < 1.29 is 28.6 Å². The smallest absolute Gasteiger partial charge is 0.306 e. The van der Waals surface area contributed by atoms with Gasteiger partial charge in [-0.3, -0.25) is 14.4 Å². The molecule has 456 valence electrons. The fourth-order valence-electron chi connectivity index (χ4n) is 9.86. The Labute approximate surface area is 490 Å². The van der Waals surface area contributed by atoms with Crippen molar-refractivity contribution in [2.24, 2.45) is 0 Å². The SMILES string of the molecule is CC/C=C\C/C=C\C/C=C\C/C=C\CCCCCCCCCCCCCCCCCCCCC(=O)OCC(COC(=O)CCCCCCCCCCCCCCC)OC(=O)CCCCCCCCC/C=C\C/C=C\C/C=C\CC. The number of ether oxygens (including phenoxy) is 3. The molecule has 0 aromatic heterocycles. The highest BCUT2D eigenvalue weighted by Gasteiger charge is 2.19. The maximum atomic E-state index is 12.9. The average Bonchev–Trinajstić information content (AvgIpc) is 3.45. The lowest BCUT2D eigenvalue weighted by atomic mass is 10.0. The van der Waals surface area contributed by atoms with E-state index in [1.807, 2.05) is 0 Å². The summed E-state index contributed by atoms with van der Waals surface area (Å²) in [6, 6.07) is 0. The predicted molar refractivity (Wildman–Crippen MR) is 344 cm³/mol. The molecule has 0 aromatic rings. The van der Waals surface area contributed by atoms with Crippen molar-refractivity contribution in [3.63, 3.8) is 0 Å². The minimum atomic E-state index is -0.779. The van der Waals surface area contributed by atoms with Gasteiger partial charge in [0.2, 0.25) is 0 Å². The molecule has 0 saturated heterocycles. The summed E-state index contributed by atoms with van der Waals surface area (Å²) in [6.45, 7) is 6.45. The van der Waals surface area contributed by atoms with E-state index in [2.05, 4.69) is 106 Å². The largest absolute Gasteiger partial charge is 0.462 e. The molecule has 0 aliphatic heterocycles. The molecule has 0 radical (unpaired) electrons. The van der Waals surface area contributed by atoms with Gasteiger partial charge in [-0.25, -0.2) is 0 Å². The van der Waals surface area contributed by atoms with Crippen LogP contribution in [0.2, 0.25) is 0 Å². The monoisotopic (exact) mass is 1100 g/mol. The van der Waals surface area contributed by atoms with Gasteiger partial charge in [-0.05, 0) is 89.9 Å². The van der Waals surface area contributed by atoms with Crippen molar-refractivity contribution in [3.05, 3.63) is 85.1 Å². The summed E-state index contributed by atoms with van der Waals surface area (Å²) in [6.07, 6.45) is 89.0. The Bertz CT molecular complexity index is 1500. The third kappa shape index (κ3) is 65.3. The molecule has 0 fully saturated rings. The highest BCUT2D eigenvalue weighted by Crippen LogP contribution is 2.18. The fourth-order valence-corrected chi connectivity index (χ4v) is 9.86. The van der Waals surface area contributed by atoms with Gasteiger partial charge < -0.3 is 14.2 Å². The van der Waals surface area contributed by atoms with E-state index in [1.165, 1.54) is 193 Å². The van der Waals surface area contributed by atoms with Crippen molar-refractivity contribution >= 4 is 17.9 Å². The summed E-state index contributed by atoms with van der Waals surface area (Å²) < 4.78 is 16.9. The highest BCUT2D eigenvalue weighted by molar-refractivity contribution is 5.71. The Morgan fingerprint density at radius 3 is 0.772 bits per heavy atom. The van der Waals surface area contributed by atoms with Gasteiger partial charge in [0, 0.05) is 19.3 Å². The first kappa shape index (κ1) is 75.6. The zero-order valence-corrected chi connectivity index (χ0v) is 52.4. The summed E-state index contributed by atoms with van der Waals surface area (Å²) in [4.78, 5) is 38.3. The molecule has 0 amide bonds. The van der Waals surface area contributed by atoms with E-state index in [0.29, 0.717) is 19.3 Å². The molecule has 79 heavy (non-hydrogen) atoms. The topological polar surface area (TPSA) is 78.9 Å². The van der Waals surface area contributed by atoms with Gasteiger partial charge in [-0.15, -0.1) is 0 Å². The maximum absolute atomic E-state index is 12.9. The van der Waals surface area contributed by atoms with Gasteiger partial charge in [-0.2, -0.15) is 0 Å². The molecule has 6 nitrogen and oxygen atoms in total. The van der Waals surface area contributed by atoms with Crippen molar-refractivity contribution in [1.82, 2.24) is 0 Å². The highest BCUT2D eigenvalue weighted by atomic mass is 16.6.